The molecule has 1 saturated heterocycles. The predicted octanol–water partition coefficient (Wildman–Crippen LogP) is 2.13. The molecule has 27 heavy (non-hydrogen) atoms. The van der Waals surface area contributed by atoms with E-state index in [4.69, 9.17) is 0 Å². The Hall–Kier alpha value is -2.47. The Morgan fingerprint density at radius 3 is 2.52 bits per heavy atom. The number of hydrogen-bond donors (Lipinski definition) is 0. The van der Waals surface area contributed by atoms with E-state index in [1.165, 1.54) is 11.1 Å². The summed E-state index contributed by atoms with van der Waals surface area (Å²) in [5, 5.41) is 0. The van der Waals surface area contributed by atoms with Gasteiger partial charge in [-0.1, -0.05) is 31.2 Å². The van der Waals surface area contributed by atoms with E-state index in [9.17, 15) is 4.79 Å². The second kappa shape index (κ2) is 7.64. The fraction of sp³-hybridized carbons (Fsp3) is 0.476. The number of piperazine rings is 1. The molecule has 2 aliphatic heterocycles. The summed E-state index contributed by atoms with van der Waals surface area (Å²) in [5.41, 5.74) is 4.07. The summed E-state index contributed by atoms with van der Waals surface area (Å²) < 4.78 is 0. The molecule has 6 heteroatoms. The van der Waals surface area contributed by atoms with Gasteiger partial charge in [-0.05, 0) is 37.1 Å². The van der Waals surface area contributed by atoms with Gasteiger partial charge in [-0.2, -0.15) is 0 Å². The van der Waals surface area contributed by atoms with Crippen LogP contribution in [0.15, 0.2) is 30.3 Å². The van der Waals surface area contributed by atoms with Crippen LogP contribution in [0.3, 0.4) is 0 Å². The highest BCUT2D eigenvalue weighted by molar-refractivity contribution is 5.92. The third-order valence-corrected chi connectivity index (χ3v) is 5.58. The van der Waals surface area contributed by atoms with Crippen LogP contribution in [-0.4, -0.2) is 64.9 Å². The molecule has 4 rings (SSSR count). The van der Waals surface area contributed by atoms with Gasteiger partial charge in [0.2, 0.25) is 5.95 Å². The number of likely N-dealkylation sites (N-methyl/N-ethyl adjacent to an activating group) is 1. The third-order valence-electron chi connectivity index (χ3n) is 5.58. The van der Waals surface area contributed by atoms with Crippen LogP contribution in [0.25, 0.3) is 0 Å². The van der Waals surface area contributed by atoms with E-state index >= 15 is 0 Å². The molecular weight excluding hydrogens is 338 g/mol. The summed E-state index contributed by atoms with van der Waals surface area (Å²) in [7, 11) is 0. The van der Waals surface area contributed by atoms with Gasteiger partial charge in [0, 0.05) is 45.0 Å². The summed E-state index contributed by atoms with van der Waals surface area (Å²) in [6.07, 6.45) is 0.982. The number of benzene rings is 1. The third kappa shape index (κ3) is 3.81. The summed E-state index contributed by atoms with van der Waals surface area (Å²) in [6.45, 7) is 10.2. The van der Waals surface area contributed by atoms with Crippen molar-refractivity contribution in [2.45, 2.75) is 26.8 Å². The Kier molecular flexibility index (Phi) is 5.07. The van der Waals surface area contributed by atoms with Crippen LogP contribution in [0.4, 0.5) is 5.95 Å². The maximum absolute atomic E-state index is 13.0. The van der Waals surface area contributed by atoms with Crippen LogP contribution in [0, 0.1) is 6.92 Å². The van der Waals surface area contributed by atoms with E-state index < -0.39 is 0 Å². The summed E-state index contributed by atoms with van der Waals surface area (Å²) in [4.78, 5) is 28.7. The zero-order chi connectivity index (χ0) is 18.8. The predicted molar refractivity (Wildman–Crippen MR) is 106 cm³/mol. The van der Waals surface area contributed by atoms with Crippen LogP contribution >= 0.6 is 0 Å². The van der Waals surface area contributed by atoms with E-state index in [2.05, 4.69) is 51.0 Å². The number of anilines is 1. The van der Waals surface area contributed by atoms with Crippen molar-refractivity contribution in [3.63, 3.8) is 0 Å². The first-order valence-corrected chi connectivity index (χ1v) is 9.83. The molecule has 6 nitrogen and oxygen atoms in total. The number of nitrogens with zero attached hydrogens (tertiary/aromatic N) is 5. The van der Waals surface area contributed by atoms with Gasteiger partial charge in [0.25, 0.3) is 5.91 Å². The first-order chi connectivity index (χ1) is 13.1. The molecule has 0 aliphatic carbocycles. The quantitative estimate of drug-likeness (QED) is 0.834. The largest absolute Gasteiger partial charge is 0.336 e. The molecular formula is C21H27N5O. The Morgan fingerprint density at radius 1 is 1.04 bits per heavy atom. The van der Waals surface area contributed by atoms with Crippen LogP contribution in [0.2, 0.25) is 0 Å². The summed E-state index contributed by atoms with van der Waals surface area (Å²) in [6, 6.07) is 10.3. The van der Waals surface area contributed by atoms with Crippen molar-refractivity contribution in [1.82, 2.24) is 19.8 Å². The zero-order valence-electron chi connectivity index (χ0n) is 16.2. The lowest BCUT2D eigenvalue weighted by Gasteiger charge is -2.34. The zero-order valence-corrected chi connectivity index (χ0v) is 16.2. The van der Waals surface area contributed by atoms with Gasteiger partial charge >= 0.3 is 0 Å². The number of aromatic nitrogens is 2. The number of amides is 1. The Balaban J connectivity index is 1.53. The van der Waals surface area contributed by atoms with E-state index in [1.807, 2.05) is 17.9 Å². The summed E-state index contributed by atoms with van der Waals surface area (Å²) >= 11 is 0. The van der Waals surface area contributed by atoms with Crippen molar-refractivity contribution >= 4 is 11.9 Å². The second-order valence-electron chi connectivity index (χ2n) is 7.36. The summed E-state index contributed by atoms with van der Waals surface area (Å²) in [5.74, 6) is 0.690. The fourth-order valence-electron chi connectivity index (χ4n) is 3.90. The Bertz CT molecular complexity index is 829. The molecule has 0 atom stereocenters. The Labute approximate surface area is 160 Å². The van der Waals surface area contributed by atoms with Gasteiger partial charge in [0.1, 0.15) is 5.69 Å². The Morgan fingerprint density at radius 2 is 1.78 bits per heavy atom. The lowest BCUT2D eigenvalue weighted by Crippen LogP contribution is -2.48. The molecule has 1 aromatic heterocycles. The maximum atomic E-state index is 13.0. The van der Waals surface area contributed by atoms with Gasteiger partial charge < -0.3 is 14.7 Å². The molecule has 2 aliphatic rings. The van der Waals surface area contributed by atoms with Gasteiger partial charge in [-0.3, -0.25) is 4.79 Å². The van der Waals surface area contributed by atoms with Gasteiger partial charge in [-0.15, -0.1) is 0 Å². The van der Waals surface area contributed by atoms with E-state index in [0.29, 0.717) is 11.6 Å². The number of aryl methyl sites for hydroxylation is 1. The van der Waals surface area contributed by atoms with Crippen molar-refractivity contribution in [1.29, 1.82) is 0 Å². The van der Waals surface area contributed by atoms with Crippen LogP contribution in [-0.2, 0) is 13.0 Å². The van der Waals surface area contributed by atoms with E-state index in [1.54, 1.807) is 0 Å². The van der Waals surface area contributed by atoms with Crippen LogP contribution in [0.5, 0.6) is 0 Å². The SMILES string of the molecule is CCN1CCN(C(=O)c2cc(C)nc(N3CCc4ccccc4C3)n2)CC1. The first-order valence-electron chi connectivity index (χ1n) is 9.83. The van der Waals surface area contributed by atoms with Crippen molar-refractivity contribution in [3.8, 4) is 0 Å². The molecule has 1 amide bonds. The minimum Gasteiger partial charge on any atom is -0.336 e. The lowest BCUT2D eigenvalue weighted by molar-refractivity contribution is 0.0637. The minimum absolute atomic E-state index is 0.0231. The van der Waals surface area contributed by atoms with Gasteiger partial charge in [0.05, 0.1) is 0 Å². The number of hydrogen-bond acceptors (Lipinski definition) is 5. The molecule has 1 aromatic carbocycles. The number of carbonyl (C=O) groups excluding carboxylic acids is 1. The first kappa shape index (κ1) is 17.9. The molecule has 0 spiro atoms. The van der Waals surface area contributed by atoms with Gasteiger partial charge in [0.15, 0.2) is 0 Å². The van der Waals surface area contributed by atoms with E-state index in [0.717, 1.165) is 57.9 Å². The molecule has 0 bridgehead atoms. The molecule has 0 unspecified atom stereocenters. The highest BCUT2D eigenvalue weighted by Crippen LogP contribution is 2.22. The molecule has 0 N–H and O–H groups in total. The molecule has 2 aromatic rings. The monoisotopic (exact) mass is 365 g/mol. The van der Waals surface area contributed by atoms with Crippen molar-refractivity contribution in [2.24, 2.45) is 0 Å². The number of carbonyl (C=O) groups is 1. The lowest BCUT2D eigenvalue weighted by atomic mass is 10.0. The maximum Gasteiger partial charge on any atom is 0.272 e. The standard InChI is InChI=1S/C21H27N5O/c1-3-24-10-12-25(13-11-24)20(27)19-14-16(2)22-21(23-19)26-9-8-17-6-4-5-7-18(17)15-26/h4-7,14H,3,8-13,15H2,1-2H3. The second-order valence-corrected chi connectivity index (χ2v) is 7.36. The molecule has 142 valence electrons. The van der Waals surface area contributed by atoms with Crippen LogP contribution in [0.1, 0.15) is 34.2 Å². The molecule has 3 heterocycles. The molecule has 1 fully saturated rings. The topological polar surface area (TPSA) is 52.6 Å². The van der Waals surface area contributed by atoms with E-state index in [-0.39, 0.29) is 5.91 Å². The van der Waals surface area contributed by atoms with Gasteiger partial charge in [-0.25, -0.2) is 9.97 Å². The minimum atomic E-state index is 0.0231. The molecule has 0 radical (unpaired) electrons. The van der Waals surface area contributed by atoms with Crippen molar-refractivity contribution < 1.29 is 4.79 Å². The fourth-order valence-corrected chi connectivity index (χ4v) is 3.90. The smallest absolute Gasteiger partial charge is 0.272 e. The normalized spacial score (nSPS) is 17.7. The average Bonchev–Trinajstić information content (AvgIpc) is 2.72. The molecule has 0 saturated carbocycles. The average molecular weight is 365 g/mol. The van der Waals surface area contributed by atoms with Crippen molar-refractivity contribution in [2.75, 3.05) is 44.2 Å². The highest BCUT2D eigenvalue weighted by Gasteiger charge is 2.25. The van der Waals surface area contributed by atoms with Crippen molar-refractivity contribution in [3.05, 3.63) is 52.8 Å². The number of rotatable bonds is 3. The van der Waals surface area contributed by atoms with Crippen LogP contribution < -0.4 is 4.90 Å². The highest BCUT2D eigenvalue weighted by atomic mass is 16.2. The number of fused-ring (bicyclic) bond motifs is 1.